The van der Waals surface area contributed by atoms with Crippen molar-refractivity contribution < 1.29 is 18.7 Å². The van der Waals surface area contributed by atoms with Crippen molar-refractivity contribution in [1.82, 2.24) is 25.4 Å². The maximum absolute atomic E-state index is 15.1. The number of anilines is 1. The van der Waals surface area contributed by atoms with Crippen LogP contribution in [0, 0.1) is 29.0 Å². The van der Waals surface area contributed by atoms with Crippen molar-refractivity contribution in [1.29, 1.82) is 0 Å². The fourth-order valence-corrected chi connectivity index (χ4v) is 8.50. The third-order valence-electron chi connectivity index (χ3n) is 10.1. The van der Waals surface area contributed by atoms with Crippen molar-refractivity contribution >= 4 is 17.6 Å². The van der Waals surface area contributed by atoms with Gasteiger partial charge in [-0.1, -0.05) is 6.07 Å². The molecule has 0 radical (unpaired) electrons. The predicted molar refractivity (Wildman–Crippen MR) is 164 cm³/mol. The molecule has 1 saturated heterocycles. The number of rotatable bonds is 8. The molecule has 0 spiro atoms. The molecular weight excluding hydrogens is 559 g/mol. The van der Waals surface area contributed by atoms with Gasteiger partial charge in [0.15, 0.2) is 11.5 Å². The van der Waals surface area contributed by atoms with Crippen LogP contribution in [0.25, 0.3) is 11.1 Å². The predicted octanol–water partition coefficient (Wildman–Crippen LogP) is 4.99. The van der Waals surface area contributed by atoms with Crippen LogP contribution >= 0.6 is 0 Å². The molecule has 1 aliphatic heterocycles. The van der Waals surface area contributed by atoms with Crippen LogP contribution < -0.4 is 15.0 Å². The van der Waals surface area contributed by atoms with Crippen molar-refractivity contribution in [3.05, 3.63) is 65.9 Å². The van der Waals surface area contributed by atoms with Gasteiger partial charge in [-0.05, 0) is 98.9 Å². The first-order valence-electron chi connectivity index (χ1n) is 15.9. The zero-order valence-electron chi connectivity index (χ0n) is 25.2. The van der Waals surface area contributed by atoms with Crippen LogP contribution in [0.3, 0.4) is 0 Å². The zero-order chi connectivity index (χ0) is 30.3. The maximum Gasteiger partial charge on any atom is 0.271 e. The number of pyridine rings is 1. The summed E-state index contributed by atoms with van der Waals surface area (Å²) >= 11 is 0. The molecule has 2 aromatic heterocycles. The summed E-state index contributed by atoms with van der Waals surface area (Å²) in [6.07, 6.45) is 11.1. The molecule has 9 nitrogen and oxygen atoms in total. The summed E-state index contributed by atoms with van der Waals surface area (Å²) in [6.45, 7) is 5.17. The molecule has 230 valence electrons. The molecule has 2 amide bonds. The van der Waals surface area contributed by atoms with Crippen molar-refractivity contribution in [2.45, 2.75) is 45.4 Å². The molecule has 5 fully saturated rings. The summed E-state index contributed by atoms with van der Waals surface area (Å²) in [6, 6.07) is 9.85. The fourth-order valence-electron chi connectivity index (χ4n) is 8.50. The van der Waals surface area contributed by atoms with Gasteiger partial charge in [-0.2, -0.15) is 0 Å². The number of amides is 2. The number of hydrogen-bond donors (Lipinski definition) is 1. The number of aromatic nitrogens is 3. The van der Waals surface area contributed by atoms with Gasteiger partial charge in [0.25, 0.3) is 11.8 Å². The second-order valence-corrected chi connectivity index (χ2v) is 13.2. The topological polar surface area (TPSA) is 101 Å². The van der Waals surface area contributed by atoms with E-state index in [1.807, 2.05) is 13.0 Å². The van der Waals surface area contributed by atoms with Crippen LogP contribution in [0.5, 0.6) is 5.75 Å². The lowest BCUT2D eigenvalue weighted by Gasteiger charge is -2.56. The molecule has 4 bridgehead atoms. The Morgan fingerprint density at radius 2 is 1.68 bits per heavy atom. The number of carbonyl (C=O) groups is 2. The molecule has 4 aliphatic carbocycles. The number of benzene rings is 1. The summed E-state index contributed by atoms with van der Waals surface area (Å²) in [5.74, 6) is 2.93. The van der Waals surface area contributed by atoms with Crippen LogP contribution in [0.15, 0.2) is 48.8 Å². The monoisotopic (exact) mass is 598 g/mol. The Bertz CT molecular complexity index is 1500. The van der Waals surface area contributed by atoms with E-state index in [-0.39, 0.29) is 17.2 Å². The van der Waals surface area contributed by atoms with Gasteiger partial charge in [0.05, 0.1) is 12.8 Å². The fraction of sp³-hybridized carbons (Fsp3) is 0.500. The molecule has 4 saturated carbocycles. The van der Waals surface area contributed by atoms with Crippen molar-refractivity contribution in [2.24, 2.45) is 23.2 Å². The average molecular weight is 599 g/mol. The second-order valence-electron chi connectivity index (χ2n) is 13.2. The van der Waals surface area contributed by atoms with Gasteiger partial charge in [0.2, 0.25) is 0 Å². The third-order valence-corrected chi connectivity index (χ3v) is 10.1. The quantitative estimate of drug-likeness (QED) is 0.390. The molecule has 10 heteroatoms. The first kappa shape index (κ1) is 28.7. The van der Waals surface area contributed by atoms with E-state index in [4.69, 9.17) is 4.74 Å². The number of nitrogens with zero attached hydrogens (tertiary/aromatic N) is 5. The van der Waals surface area contributed by atoms with E-state index in [0.29, 0.717) is 66.7 Å². The Hall–Kier alpha value is -4.08. The van der Waals surface area contributed by atoms with Crippen molar-refractivity contribution in [2.75, 3.05) is 44.2 Å². The molecule has 1 N–H and O–H groups in total. The van der Waals surface area contributed by atoms with E-state index in [0.717, 1.165) is 24.3 Å². The molecule has 1 aromatic carbocycles. The average Bonchev–Trinajstić information content (AvgIpc) is 3.03. The van der Waals surface area contributed by atoms with Crippen molar-refractivity contribution in [3.63, 3.8) is 0 Å². The summed E-state index contributed by atoms with van der Waals surface area (Å²) in [7, 11) is 0. The number of nitrogens with one attached hydrogen (secondary N) is 1. The summed E-state index contributed by atoms with van der Waals surface area (Å²) in [4.78, 5) is 34.0. The van der Waals surface area contributed by atoms with Gasteiger partial charge >= 0.3 is 0 Å². The third kappa shape index (κ3) is 5.74. The smallest absolute Gasteiger partial charge is 0.271 e. The first-order valence-corrected chi connectivity index (χ1v) is 15.9. The Balaban J connectivity index is 0.922. The van der Waals surface area contributed by atoms with Gasteiger partial charge in [-0.25, -0.2) is 4.39 Å². The van der Waals surface area contributed by atoms with E-state index in [2.05, 4.69) is 25.4 Å². The summed E-state index contributed by atoms with van der Waals surface area (Å²) < 4.78 is 20.6. The van der Waals surface area contributed by atoms with E-state index in [9.17, 15) is 9.59 Å². The number of halogens is 1. The molecule has 3 heterocycles. The van der Waals surface area contributed by atoms with E-state index in [1.165, 1.54) is 44.6 Å². The Morgan fingerprint density at radius 3 is 2.32 bits per heavy atom. The van der Waals surface area contributed by atoms with Gasteiger partial charge in [-0.3, -0.25) is 14.6 Å². The molecule has 3 aromatic rings. The Labute approximate surface area is 257 Å². The molecule has 44 heavy (non-hydrogen) atoms. The highest BCUT2D eigenvalue weighted by atomic mass is 19.1. The van der Waals surface area contributed by atoms with Crippen molar-refractivity contribution in [3.8, 4) is 16.9 Å². The minimum Gasteiger partial charge on any atom is -0.492 e. The zero-order valence-corrected chi connectivity index (χ0v) is 25.2. The van der Waals surface area contributed by atoms with Gasteiger partial charge < -0.3 is 19.9 Å². The standard InChI is InChI=1S/C34H39FN6O3/c1-2-44-27-14-26(19-36-20-27)28-4-3-25(15-29(28)35)33(43)41-9-7-40(8-10-41)31-6-5-30(38-39-31)32(42)37-21-34-16-22-11-23(17-34)13-24(12-22)18-34/h3-6,14-15,19-20,22-24H,2,7-13,16-18,21H2,1H3,(H,37,42). The van der Waals surface area contributed by atoms with Crippen LogP contribution in [-0.2, 0) is 0 Å². The molecule has 5 aliphatic rings. The number of hydrogen-bond acceptors (Lipinski definition) is 7. The van der Waals surface area contributed by atoms with Crippen LogP contribution in [0.4, 0.5) is 10.2 Å². The highest BCUT2D eigenvalue weighted by Crippen LogP contribution is 2.59. The highest BCUT2D eigenvalue weighted by molar-refractivity contribution is 5.95. The SMILES string of the molecule is CCOc1cncc(-c2ccc(C(=O)N3CCN(c4ccc(C(=O)NCC56CC7CC(CC(C7)C5)C6)nn4)CC3)cc2F)c1. The summed E-state index contributed by atoms with van der Waals surface area (Å²) in [5, 5.41) is 11.8. The Kier molecular flexibility index (Phi) is 7.68. The minimum atomic E-state index is -0.484. The molecular formula is C34H39FN6O3. The van der Waals surface area contributed by atoms with E-state index < -0.39 is 5.82 Å². The number of carbonyl (C=O) groups excluding carboxylic acids is 2. The minimum absolute atomic E-state index is 0.160. The first-order chi connectivity index (χ1) is 21.4. The van der Waals surface area contributed by atoms with E-state index >= 15 is 4.39 Å². The van der Waals surface area contributed by atoms with Crippen LogP contribution in [0.2, 0.25) is 0 Å². The van der Waals surface area contributed by atoms with E-state index in [1.54, 1.807) is 41.6 Å². The highest BCUT2D eigenvalue weighted by Gasteiger charge is 2.50. The number of ether oxygens (including phenoxy) is 1. The lowest BCUT2D eigenvalue weighted by Crippen LogP contribution is -2.51. The van der Waals surface area contributed by atoms with Gasteiger partial charge in [0.1, 0.15) is 11.6 Å². The maximum atomic E-state index is 15.1. The summed E-state index contributed by atoms with van der Waals surface area (Å²) in [5.41, 5.74) is 1.86. The lowest BCUT2D eigenvalue weighted by molar-refractivity contribution is -0.0503. The second kappa shape index (κ2) is 11.8. The lowest BCUT2D eigenvalue weighted by atomic mass is 9.49. The normalized spacial score (nSPS) is 25.6. The van der Waals surface area contributed by atoms with Crippen LogP contribution in [0.1, 0.15) is 66.3 Å². The van der Waals surface area contributed by atoms with Gasteiger partial charge in [0, 0.05) is 55.6 Å². The van der Waals surface area contributed by atoms with Crippen LogP contribution in [-0.4, -0.2) is 71.2 Å². The van der Waals surface area contributed by atoms with Gasteiger partial charge in [-0.15, -0.1) is 10.2 Å². The largest absolute Gasteiger partial charge is 0.492 e. The number of piperazine rings is 1. The molecule has 0 unspecified atom stereocenters. The Morgan fingerprint density at radius 1 is 0.955 bits per heavy atom. The molecule has 8 rings (SSSR count). The molecule has 0 atom stereocenters.